The Morgan fingerprint density at radius 1 is 1.17 bits per heavy atom. The summed E-state index contributed by atoms with van der Waals surface area (Å²) in [5, 5.41) is 0. The molecule has 0 atom stereocenters. The smallest absolute Gasteiger partial charge is 0.260 e. The lowest BCUT2D eigenvalue weighted by Gasteiger charge is -2.32. The van der Waals surface area contributed by atoms with Crippen molar-refractivity contribution in [3.05, 3.63) is 0 Å². The van der Waals surface area contributed by atoms with Gasteiger partial charge in [0.05, 0.1) is 0 Å². The maximum absolute atomic E-state index is 13.3. The van der Waals surface area contributed by atoms with Crippen LogP contribution in [-0.2, 0) is 4.79 Å². The van der Waals surface area contributed by atoms with E-state index in [-0.39, 0.29) is 5.92 Å². The fourth-order valence-electron chi connectivity index (χ4n) is 3.24. The van der Waals surface area contributed by atoms with E-state index in [0.717, 1.165) is 6.29 Å². The average molecular weight is 172 g/mol. The Morgan fingerprint density at radius 2 is 1.75 bits per heavy atom. The van der Waals surface area contributed by atoms with Crippen LogP contribution in [0, 0.1) is 16.7 Å². The fraction of sp³-hybridized carbons (Fsp3) is 0.889. The van der Waals surface area contributed by atoms with Gasteiger partial charge in [-0.1, -0.05) is 0 Å². The van der Waals surface area contributed by atoms with Crippen molar-refractivity contribution in [1.29, 1.82) is 0 Å². The van der Waals surface area contributed by atoms with Crippen LogP contribution >= 0.6 is 0 Å². The van der Waals surface area contributed by atoms with Gasteiger partial charge in [-0.25, -0.2) is 8.78 Å². The molecule has 12 heavy (non-hydrogen) atoms. The Balaban J connectivity index is 1.85. The molecule has 0 aromatic heterocycles. The van der Waals surface area contributed by atoms with Crippen molar-refractivity contribution in [2.24, 2.45) is 16.7 Å². The summed E-state index contributed by atoms with van der Waals surface area (Å²) in [5.74, 6) is -2.50. The summed E-state index contributed by atoms with van der Waals surface area (Å²) >= 11 is 0. The molecule has 3 heteroatoms. The molecular formula is C9H10F2O. The van der Waals surface area contributed by atoms with Crippen molar-refractivity contribution in [1.82, 2.24) is 0 Å². The minimum absolute atomic E-state index is 0.0733. The van der Waals surface area contributed by atoms with Gasteiger partial charge in [0.25, 0.3) is 5.92 Å². The normalized spacial score (nSPS) is 50.3. The van der Waals surface area contributed by atoms with Gasteiger partial charge in [-0.3, -0.25) is 0 Å². The standard InChI is InChI=1S/C9H10F2O/c10-9(11)7(1-2-7)8(9)3-6(4-8)5-12/h5-6H,1-4H2. The summed E-state index contributed by atoms with van der Waals surface area (Å²) in [5.41, 5.74) is -1.34. The minimum Gasteiger partial charge on any atom is -0.303 e. The molecule has 2 spiro atoms. The second-order valence-corrected chi connectivity index (χ2v) is 4.54. The molecule has 0 unspecified atom stereocenters. The number of alkyl halides is 2. The number of carbonyl (C=O) groups is 1. The predicted molar refractivity (Wildman–Crippen MR) is 37.8 cm³/mol. The molecule has 1 nitrogen and oxygen atoms in total. The Hall–Kier alpha value is -0.470. The average Bonchev–Trinajstić information content (AvgIpc) is 2.72. The predicted octanol–water partition coefficient (Wildman–Crippen LogP) is 2.01. The second kappa shape index (κ2) is 1.47. The van der Waals surface area contributed by atoms with Crippen LogP contribution in [0.25, 0.3) is 0 Å². The molecule has 0 radical (unpaired) electrons. The molecule has 0 aliphatic heterocycles. The van der Waals surface area contributed by atoms with Crippen LogP contribution in [0.4, 0.5) is 8.78 Å². The van der Waals surface area contributed by atoms with E-state index in [4.69, 9.17) is 0 Å². The van der Waals surface area contributed by atoms with E-state index in [2.05, 4.69) is 0 Å². The second-order valence-electron chi connectivity index (χ2n) is 4.54. The van der Waals surface area contributed by atoms with E-state index in [0.29, 0.717) is 25.7 Å². The largest absolute Gasteiger partial charge is 0.303 e. The zero-order valence-electron chi connectivity index (χ0n) is 6.65. The van der Waals surface area contributed by atoms with E-state index in [1.54, 1.807) is 0 Å². The van der Waals surface area contributed by atoms with Gasteiger partial charge in [-0.05, 0) is 25.7 Å². The third kappa shape index (κ3) is 0.402. The van der Waals surface area contributed by atoms with E-state index in [1.165, 1.54) is 0 Å². The summed E-state index contributed by atoms with van der Waals surface area (Å²) in [7, 11) is 0. The van der Waals surface area contributed by atoms with Crippen molar-refractivity contribution < 1.29 is 13.6 Å². The highest BCUT2D eigenvalue weighted by Gasteiger charge is 2.97. The van der Waals surface area contributed by atoms with Gasteiger partial charge in [-0.15, -0.1) is 0 Å². The molecule has 3 fully saturated rings. The van der Waals surface area contributed by atoms with Crippen LogP contribution in [0.5, 0.6) is 0 Å². The van der Waals surface area contributed by atoms with Gasteiger partial charge < -0.3 is 4.79 Å². The first-order chi connectivity index (χ1) is 5.60. The van der Waals surface area contributed by atoms with Crippen LogP contribution < -0.4 is 0 Å². The van der Waals surface area contributed by atoms with Crippen molar-refractivity contribution in [2.75, 3.05) is 0 Å². The number of hydrogen-bond donors (Lipinski definition) is 0. The summed E-state index contributed by atoms with van der Waals surface area (Å²) in [6.45, 7) is 0. The number of halogens is 2. The number of aldehydes is 1. The number of rotatable bonds is 1. The molecule has 0 N–H and O–H groups in total. The lowest BCUT2D eigenvalue weighted by molar-refractivity contribution is -0.117. The van der Waals surface area contributed by atoms with Crippen molar-refractivity contribution in [3.63, 3.8) is 0 Å². The van der Waals surface area contributed by atoms with Gasteiger partial charge >= 0.3 is 0 Å². The van der Waals surface area contributed by atoms with Gasteiger partial charge in [0.2, 0.25) is 0 Å². The molecule has 0 bridgehead atoms. The van der Waals surface area contributed by atoms with Crippen LogP contribution in [0.15, 0.2) is 0 Å². The quantitative estimate of drug-likeness (QED) is 0.553. The lowest BCUT2D eigenvalue weighted by atomic mass is 9.70. The van der Waals surface area contributed by atoms with E-state index in [9.17, 15) is 13.6 Å². The van der Waals surface area contributed by atoms with E-state index < -0.39 is 16.8 Å². The molecule has 3 aliphatic carbocycles. The van der Waals surface area contributed by atoms with Crippen LogP contribution in [-0.4, -0.2) is 12.2 Å². The molecule has 0 amide bonds. The first-order valence-corrected chi connectivity index (χ1v) is 4.43. The number of fused-ring (bicyclic) bond motifs is 1. The van der Waals surface area contributed by atoms with Crippen LogP contribution in [0.2, 0.25) is 0 Å². The third-order valence-electron chi connectivity index (χ3n) is 4.22. The monoisotopic (exact) mass is 172 g/mol. The Labute approximate surface area is 69.1 Å². The van der Waals surface area contributed by atoms with Gasteiger partial charge in [0, 0.05) is 16.7 Å². The molecular weight excluding hydrogens is 162 g/mol. The van der Waals surface area contributed by atoms with Gasteiger partial charge in [-0.2, -0.15) is 0 Å². The highest BCUT2D eigenvalue weighted by Crippen LogP contribution is 2.93. The highest BCUT2D eigenvalue weighted by atomic mass is 19.3. The zero-order chi connectivity index (χ0) is 8.61. The Bertz CT molecular complexity index is 256. The zero-order valence-corrected chi connectivity index (χ0v) is 6.65. The molecule has 66 valence electrons. The summed E-state index contributed by atoms with van der Waals surface area (Å²) in [6.07, 6.45) is 3.10. The van der Waals surface area contributed by atoms with Crippen molar-refractivity contribution >= 4 is 6.29 Å². The molecule has 3 aliphatic rings. The van der Waals surface area contributed by atoms with E-state index in [1.807, 2.05) is 0 Å². The van der Waals surface area contributed by atoms with Crippen molar-refractivity contribution in [2.45, 2.75) is 31.6 Å². The van der Waals surface area contributed by atoms with Gasteiger partial charge in [0.15, 0.2) is 0 Å². The number of carbonyl (C=O) groups excluding carboxylic acids is 1. The first kappa shape index (κ1) is 6.98. The van der Waals surface area contributed by atoms with Crippen LogP contribution in [0.1, 0.15) is 25.7 Å². The summed E-state index contributed by atoms with van der Waals surface area (Å²) < 4.78 is 26.5. The van der Waals surface area contributed by atoms with Crippen molar-refractivity contribution in [3.8, 4) is 0 Å². The molecule has 0 heterocycles. The third-order valence-corrected chi connectivity index (χ3v) is 4.22. The summed E-state index contributed by atoms with van der Waals surface area (Å²) in [4.78, 5) is 10.3. The fourth-order valence-corrected chi connectivity index (χ4v) is 3.24. The topological polar surface area (TPSA) is 17.1 Å². The Kier molecular flexibility index (Phi) is 0.854. The molecule has 3 saturated carbocycles. The first-order valence-electron chi connectivity index (χ1n) is 4.43. The maximum Gasteiger partial charge on any atom is 0.260 e. The summed E-state index contributed by atoms with van der Waals surface area (Å²) in [6, 6.07) is 0. The molecule has 0 aromatic carbocycles. The minimum atomic E-state index is -2.43. The van der Waals surface area contributed by atoms with Crippen LogP contribution in [0.3, 0.4) is 0 Å². The number of hydrogen-bond acceptors (Lipinski definition) is 1. The Morgan fingerprint density at radius 3 is 2.08 bits per heavy atom. The molecule has 0 aromatic rings. The van der Waals surface area contributed by atoms with Gasteiger partial charge in [0.1, 0.15) is 6.29 Å². The SMILES string of the molecule is O=CC1CC2(C1)C(F)(F)C21CC1. The van der Waals surface area contributed by atoms with E-state index >= 15 is 0 Å². The molecule has 0 saturated heterocycles. The molecule has 3 rings (SSSR count). The highest BCUT2D eigenvalue weighted by molar-refractivity contribution is 5.59. The maximum atomic E-state index is 13.3. The lowest BCUT2D eigenvalue weighted by Crippen LogP contribution is -2.31.